The van der Waals surface area contributed by atoms with Gasteiger partial charge in [-0.2, -0.15) is 5.11 Å². The van der Waals surface area contributed by atoms with E-state index in [0.717, 1.165) is 17.7 Å². The number of azo groups is 1. The molecule has 8 heteroatoms. The van der Waals surface area contributed by atoms with Crippen LogP contribution in [0.3, 0.4) is 0 Å². The van der Waals surface area contributed by atoms with Crippen LogP contribution in [0.5, 0.6) is 5.75 Å². The number of nitrogens with zero attached hydrogens (tertiary/aromatic N) is 4. The van der Waals surface area contributed by atoms with Crippen LogP contribution in [0, 0.1) is 11.7 Å². The van der Waals surface area contributed by atoms with Gasteiger partial charge in [0.1, 0.15) is 23.5 Å². The van der Waals surface area contributed by atoms with Gasteiger partial charge in [-0.25, -0.2) is 9.38 Å². The Kier molecular flexibility index (Phi) is 5.75. The van der Waals surface area contributed by atoms with Crippen molar-refractivity contribution >= 4 is 17.4 Å². The van der Waals surface area contributed by atoms with E-state index in [0.29, 0.717) is 41.6 Å². The Morgan fingerprint density at radius 3 is 2.61 bits per heavy atom. The Labute approximate surface area is 198 Å². The molecule has 3 aliphatic rings. The Bertz CT molecular complexity index is 1120. The summed E-state index contributed by atoms with van der Waals surface area (Å²) >= 11 is 6.20. The number of halogens is 2. The van der Waals surface area contributed by atoms with E-state index in [-0.39, 0.29) is 30.0 Å². The Morgan fingerprint density at radius 1 is 1.24 bits per heavy atom. The highest BCUT2D eigenvalue weighted by atomic mass is 35.5. The van der Waals surface area contributed by atoms with E-state index < -0.39 is 5.66 Å². The van der Waals surface area contributed by atoms with Crippen molar-refractivity contribution in [2.75, 3.05) is 13.1 Å². The van der Waals surface area contributed by atoms with Crippen molar-refractivity contribution in [2.24, 2.45) is 21.1 Å². The van der Waals surface area contributed by atoms with E-state index >= 15 is 0 Å². The molecule has 1 N–H and O–H groups in total. The second kappa shape index (κ2) is 8.46. The van der Waals surface area contributed by atoms with E-state index in [1.165, 1.54) is 6.07 Å². The minimum absolute atomic E-state index is 0.0670. The lowest BCUT2D eigenvalue weighted by atomic mass is 9.89. The summed E-state index contributed by atoms with van der Waals surface area (Å²) in [6.45, 7) is 7.32. The van der Waals surface area contributed by atoms with Crippen LogP contribution in [0.2, 0.25) is 5.02 Å². The molecule has 2 aliphatic heterocycles. The van der Waals surface area contributed by atoms with E-state index in [2.05, 4.69) is 29.0 Å². The zero-order valence-corrected chi connectivity index (χ0v) is 19.8. The summed E-state index contributed by atoms with van der Waals surface area (Å²) in [6.07, 6.45) is 0.496. The Morgan fingerprint density at radius 2 is 2.00 bits per heavy atom. The predicted molar refractivity (Wildman–Crippen MR) is 125 cm³/mol. The number of aliphatic hydroxyl groups is 1. The van der Waals surface area contributed by atoms with Gasteiger partial charge in [0.2, 0.25) is 5.66 Å². The molecule has 0 amide bonds. The molecule has 0 radical (unpaired) electrons. The fraction of sp³-hybridized carbons (Fsp3) is 0.480. The number of benzene rings is 2. The van der Waals surface area contributed by atoms with Crippen LogP contribution in [0.1, 0.15) is 50.0 Å². The third kappa shape index (κ3) is 3.96. The normalized spacial score (nSPS) is 29.1. The van der Waals surface area contributed by atoms with Gasteiger partial charge in [0.05, 0.1) is 12.1 Å². The molecule has 0 bridgehead atoms. The maximum absolute atomic E-state index is 14.7. The molecule has 4 atom stereocenters. The molecular weight excluding hydrogens is 443 g/mol. The topological polar surface area (TPSA) is 69.8 Å². The number of amidine groups is 1. The predicted octanol–water partition coefficient (Wildman–Crippen LogP) is 5.28. The van der Waals surface area contributed by atoms with Gasteiger partial charge in [-0.15, -0.1) is 5.11 Å². The van der Waals surface area contributed by atoms with Crippen molar-refractivity contribution in [2.45, 2.75) is 57.5 Å². The fourth-order valence-corrected chi connectivity index (χ4v) is 5.43. The number of aliphatic imine (C=N–C) groups is 1. The first-order valence-corrected chi connectivity index (χ1v) is 11.8. The summed E-state index contributed by atoms with van der Waals surface area (Å²) in [4.78, 5) is 6.89. The van der Waals surface area contributed by atoms with Crippen molar-refractivity contribution in [3.63, 3.8) is 0 Å². The number of hydrogen-bond donors (Lipinski definition) is 1. The second-order valence-electron chi connectivity index (χ2n) is 9.47. The van der Waals surface area contributed by atoms with E-state index in [1.54, 1.807) is 6.07 Å². The quantitative estimate of drug-likeness (QED) is 0.646. The zero-order chi connectivity index (χ0) is 23.3. The number of β-amino-alcohol motifs (C(OH)–C–C–N with tert-alkyl or cyclic N) is 1. The van der Waals surface area contributed by atoms with Crippen LogP contribution in [-0.2, 0) is 12.1 Å². The minimum Gasteiger partial charge on any atom is -0.484 e. The van der Waals surface area contributed by atoms with E-state index in [1.807, 2.05) is 31.2 Å². The van der Waals surface area contributed by atoms with Crippen LogP contribution in [-0.4, -0.2) is 41.1 Å². The molecular formula is C25H28ClFN4O2. The monoisotopic (exact) mass is 470 g/mol. The average Bonchev–Trinajstić information content (AvgIpc) is 3.47. The summed E-state index contributed by atoms with van der Waals surface area (Å²) in [6, 6.07) is 10.9. The van der Waals surface area contributed by atoms with Gasteiger partial charge >= 0.3 is 0 Å². The zero-order valence-electron chi connectivity index (χ0n) is 19.0. The van der Waals surface area contributed by atoms with Gasteiger partial charge < -0.3 is 9.84 Å². The van der Waals surface area contributed by atoms with E-state index in [4.69, 9.17) is 21.3 Å². The van der Waals surface area contributed by atoms with Crippen molar-refractivity contribution in [1.82, 2.24) is 4.90 Å². The first-order chi connectivity index (χ1) is 15.8. The second-order valence-corrected chi connectivity index (χ2v) is 9.90. The van der Waals surface area contributed by atoms with Crippen LogP contribution >= 0.6 is 11.6 Å². The number of ether oxygens (including phenoxy) is 1. The van der Waals surface area contributed by atoms with Crippen LogP contribution in [0.4, 0.5) is 4.39 Å². The highest BCUT2D eigenvalue weighted by molar-refractivity contribution is 6.30. The SMILES string of the molecule is CC1=NC(c2ccc(O[C@H]3c4cc(Cl)cc(F)c4C[C@@H]3N3CCC(O)C3)cc2)(C(C)C)N=N1. The van der Waals surface area contributed by atoms with Crippen molar-refractivity contribution in [1.29, 1.82) is 0 Å². The lowest BCUT2D eigenvalue weighted by Crippen LogP contribution is -2.39. The fourth-order valence-electron chi connectivity index (χ4n) is 5.21. The molecule has 2 heterocycles. The largest absolute Gasteiger partial charge is 0.484 e. The summed E-state index contributed by atoms with van der Waals surface area (Å²) in [5.74, 6) is 1.18. The number of rotatable bonds is 5. The number of aliphatic hydroxyl groups excluding tert-OH is 1. The Balaban J connectivity index is 1.45. The number of likely N-dealkylation sites (tertiary alicyclic amines) is 1. The first-order valence-electron chi connectivity index (χ1n) is 11.4. The van der Waals surface area contributed by atoms with Gasteiger partial charge in [-0.05, 0) is 49.6 Å². The molecule has 0 aromatic heterocycles. The highest BCUT2D eigenvalue weighted by Gasteiger charge is 2.42. The van der Waals surface area contributed by atoms with E-state index in [9.17, 15) is 9.50 Å². The first kappa shape index (κ1) is 22.4. The molecule has 6 nitrogen and oxygen atoms in total. The Hall–Kier alpha value is -2.35. The van der Waals surface area contributed by atoms with Gasteiger partial charge in [0.25, 0.3) is 0 Å². The summed E-state index contributed by atoms with van der Waals surface area (Å²) < 4.78 is 21.2. The van der Waals surface area contributed by atoms with Crippen LogP contribution < -0.4 is 4.74 Å². The maximum Gasteiger partial charge on any atom is 0.200 e. The molecule has 2 aromatic rings. The summed E-state index contributed by atoms with van der Waals surface area (Å²) in [5.41, 5.74) is 1.65. The van der Waals surface area contributed by atoms with Gasteiger partial charge in [0.15, 0.2) is 0 Å². The molecule has 5 rings (SSSR count). The van der Waals surface area contributed by atoms with Gasteiger partial charge in [-0.1, -0.05) is 37.6 Å². The van der Waals surface area contributed by atoms with Gasteiger partial charge in [-0.3, -0.25) is 4.90 Å². The molecule has 174 valence electrons. The van der Waals surface area contributed by atoms with Crippen molar-refractivity contribution in [3.05, 3.63) is 63.9 Å². The van der Waals surface area contributed by atoms with Crippen molar-refractivity contribution < 1.29 is 14.2 Å². The third-order valence-corrected chi connectivity index (χ3v) is 7.17. The number of hydrogen-bond acceptors (Lipinski definition) is 6. The molecule has 2 aromatic carbocycles. The lowest BCUT2D eigenvalue weighted by molar-refractivity contribution is 0.0817. The summed E-state index contributed by atoms with van der Waals surface area (Å²) in [7, 11) is 0. The van der Waals surface area contributed by atoms with Gasteiger partial charge in [0, 0.05) is 35.2 Å². The molecule has 33 heavy (non-hydrogen) atoms. The minimum atomic E-state index is -0.715. The molecule has 1 fully saturated rings. The summed E-state index contributed by atoms with van der Waals surface area (Å²) in [5, 5.41) is 19.1. The highest BCUT2D eigenvalue weighted by Crippen LogP contribution is 2.43. The molecule has 0 saturated carbocycles. The average molecular weight is 471 g/mol. The van der Waals surface area contributed by atoms with Crippen molar-refractivity contribution in [3.8, 4) is 5.75 Å². The molecule has 1 saturated heterocycles. The third-order valence-electron chi connectivity index (χ3n) is 6.95. The standard InChI is InChI=1S/C25H28ClFN4O2/c1-14(2)25(28-15(3)29-30-25)16-4-6-19(7-5-16)33-24-21-10-17(26)11-22(27)20(21)12-23(24)31-9-8-18(32)13-31/h4-7,10-11,14,18,23-24,32H,8-9,12-13H2,1-3H3/t18?,23-,24-,25?/m0/s1. The number of fused-ring (bicyclic) bond motifs is 1. The smallest absolute Gasteiger partial charge is 0.200 e. The molecule has 2 unspecified atom stereocenters. The molecule has 1 aliphatic carbocycles. The molecule has 0 spiro atoms. The maximum atomic E-state index is 14.7. The lowest BCUT2D eigenvalue weighted by Gasteiger charge is -2.30. The van der Waals surface area contributed by atoms with Crippen LogP contribution in [0.15, 0.2) is 51.6 Å². The van der Waals surface area contributed by atoms with Crippen LogP contribution in [0.25, 0.3) is 0 Å².